The first kappa shape index (κ1) is 16.8. The summed E-state index contributed by atoms with van der Waals surface area (Å²) in [5, 5.41) is -0.842. The minimum absolute atomic E-state index is 0.0882. The largest absolute Gasteiger partial charge is 0.392 e. The van der Waals surface area contributed by atoms with E-state index in [1.54, 1.807) is 0 Å². The molecule has 1 aliphatic heterocycles. The molecule has 0 aliphatic carbocycles. The summed E-state index contributed by atoms with van der Waals surface area (Å²) in [4.78, 5) is 2.35. The Morgan fingerprint density at radius 3 is 2.05 bits per heavy atom. The first-order chi connectivity index (χ1) is 8.53. The third-order valence-electron chi connectivity index (χ3n) is 2.99. The van der Waals surface area contributed by atoms with Gasteiger partial charge in [-0.15, -0.1) is 0 Å². The molecule has 7 nitrogen and oxygen atoms in total. The summed E-state index contributed by atoms with van der Waals surface area (Å²) < 4.78 is 47.2. The van der Waals surface area contributed by atoms with E-state index in [2.05, 4.69) is 0 Å². The van der Waals surface area contributed by atoms with Crippen molar-refractivity contribution in [3.63, 3.8) is 0 Å². The van der Waals surface area contributed by atoms with Crippen LogP contribution in [0.1, 0.15) is 6.92 Å². The molecule has 1 saturated heterocycles. The maximum Gasteiger partial charge on any atom is 0.228 e. The van der Waals surface area contributed by atoms with Gasteiger partial charge in [0.2, 0.25) is 10.0 Å². The molecule has 0 spiro atoms. The summed E-state index contributed by atoms with van der Waals surface area (Å²) >= 11 is 4.90. The number of thiocarbonyl (C=S) groups is 1. The number of piperazine rings is 1. The molecule has 0 aromatic heterocycles. The average Bonchev–Trinajstić information content (AvgIpc) is 2.25. The van der Waals surface area contributed by atoms with Crippen LogP contribution in [0, 0.1) is 0 Å². The van der Waals surface area contributed by atoms with Crippen LogP contribution in [-0.2, 0) is 19.9 Å². The Bertz CT molecular complexity index is 535. The molecule has 0 radical (unpaired) electrons. The van der Waals surface area contributed by atoms with Gasteiger partial charge in [0.1, 0.15) is 0 Å². The van der Waals surface area contributed by atoms with Gasteiger partial charge in [0.15, 0.2) is 14.9 Å². The molecule has 2 N–H and O–H groups in total. The van der Waals surface area contributed by atoms with Gasteiger partial charge in [-0.3, -0.25) is 4.90 Å². The van der Waals surface area contributed by atoms with Crippen molar-refractivity contribution in [2.75, 3.05) is 37.5 Å². The van der Waals surface area contributed by atoms with Crippen molar-refractivity contribution < 1.29 is 16.8 Å². The molecule has 0 aromatic rings. The summed E-state index contributed by atoms with van der Waals surface area (Å²) in [6.45, 7) is 3.35. The minimum Gasteiger partial charge on any atom is -0.392 e. The molecule has 112 valence electrons. The highest BCUT2D eigenvalue weighted by molar-refractivity contribution is 8.06. The summed E-state index contributed by atoms with van der Waals surface area (Å²) in [5.41, 5.74) is 5.55. The van der Waals surface area contributed by atoms with Gasteiger partial charge in [-0.2, -0.15) is 4.31 Å². The normalized spacial score (nSPS) is 21.2. The van der Waals surface area contributed by atoms with Crippen molar-refractivity contribution in [2.45, 2.75) is 13.0 Å². The first-order valence-corrected chi connectivity index (χ1v) is 9.79. The van der Waals surface area contributed by atoms with E-state index in [1.165, 1.54) is 4.31 Å². The second kappa shape index (κ2) is 6.00. The molecule has 1 unspecified atom stereocenters. The predicted octanol–water partition coefficient (Wildman–Crippen LogP) is -1.39. The Hall–Kier alpha value is -0.290. The smallest absolute Gasteiger partial charge is 0.228 e. The number of nitrogens with two attached hydrogens (primary N) is 1. The quantitative estimate of drug-likeness (QED) is 0.620. The SMILES string of the molecule is CC(C(N)=S)N1CCN(S(=O)(=O)CS(C)(=O)=O)CC1. The van der Waals surface area contributed by atoms with E-state index in [4.69, 9.17) is 18.0 Å². The van der Waals surface area contributed by atoms with Crippen molar-refractivity contribution in [3.8, 4) is 0 Å². The third kappa shape index (κ3) is 4.95. The minimum atomic E-state index is -3.76. The molecule has 10 heteroatoms. The van der Waals surface area contributed by atoms with Crippen LogP contribution in [0.4, 0.5) is 0 Å². The second-order valence-electron chi connectivity index (χ2n) is 4.67. The van der Waals surface area contributed by atoms with E-state index in [1.807, 2.05) is 11.8 Å². The summed E-state index contributed by atoms with van der Waals surface area (Å²) in [7, 11) is -7.31. The zero-order valence-corrected chi connectivity index (χ0v) is 13.4. The van der Waals surface area contributed by atoms with Gasteiger partial charge in [-0.1, -0.05) is 12.2 Å². The molecule has 0 saturated carbocycles. The molecular formula is C9H19N3O4S3. The van der Waals surface area contributed by atoms with Crippen LogP contribution in [-0.4, -0.2) is 74.6 Å². The van der Waals surface area contributed by atoms with Crippen LogP contribution < -0.4 is 5.73 Å². The predicted molar refractivity (Wildman–Crippen MR) is 78.0 cm³/mol. The van der Waals surface area contributed by atoms with Gasteiger partial charge >= 0.3 is 0 Å². The summed E-state index contributed by atoms with van der Waals surface area (Å²) in [5.74, 6) is 0. The molecular weight excluding hydrogens is 310 g/mol. The standard InChI is InChI=1S/C9H19N3O4S3/c1-8(9(10)17)11-3-5-12(6-4-11)19(15,16)7-18(2,13)14/h8H,3-7H2,1-2H3,(H2,10,17). The topological polar surface area (TPSA) is 101 Å². The Morgan fingerprint density at radius 2 is 1.68 bits per heavy atom. The van der Waals surface area contributed by atoms with E-state index < -0.39 is 24.9 Å². The Morgan fingerprint density at radius 1 is 1.21 bits per heavy atom. The van der Waals surface area contributed by atoms with Crippen molar-refractivity contribution in [1.82, 2.24) is 9.21 Å². The molecule has 0 bridgehead atoms. The highest BCUT2D eigenvalue weighted by atomic mass is 32.3. The molecule has 19 heavy (non-hydrogen) atoms. The number of sulfonamides is 1. The Balaban J connectivity index is 2.66. The Kier molecular flexibility index (Phi) is 5.29. The van der Waals surface area contributed by atoms with Crippen LogP contribution in [0.25, 0.3) is 0 Å². The van der Waals surface area contributed by atoms with E-state index in [0.717, 1.165) is 6.26 Å². The first-order valence-electron chi connectivity index (χ1n) is 5.72. The number of hydrogen-bond acceptors (Lipinski definition) is 6. The molecule has 0 aromatic carbocycles. The van der Waals surface area contributed by atoms with Gasteiger partial charge < -0.3 is 5.73 Å². The molecule has 1 heterocycles. The van der Waals surface area contributed by atoms with Crippen molar-refractivity contribution in [2.24, 2.45) is 5.73 Å². The average molecular weight is 329 g/mol. The fraction of sp³-hybridized carbons (Fsp3) is 0.889. The summed E-state index contributed by atoms with van der Waals surface area (Å²) in [6, 6.07) is -0.0882. The van der Waals surface area contributed by atoms with Crippen LogP contribution >= 0.6 is 12.2 Å². The van der Waals surface area contributed by atoms with E-state index in [-0.39, 0.29) is 19.1 Å². The zero-order valence-electron chi connectivity index (χ0n) is 10.9. The van der Waals surface area contributed by atoms with Crippen molar-refractivity contribution in [1.29, 1.82) is 0 Å². The van der Waals surface area contributed by atoms with Gasteiger partial charge in [0.05, 0.1) is 11.0 Å². The van der Waals surface area contributed by atoms with E-state index >= 15 is 0 Å². The van der Waals surface area contributed by atoms with Crippen LogP contribution in [0.15, 0.2) is 0 Å². The number of nitrogens with zero attached hydrogens (tertiary/aromatic N) is 2. The monoisotopic (exact) mass is 329 g/mol. The number of hydrogen-bond donors (Lipinski definition) is 1. The van der Waals surface area contributed by atoms with Crippen LogP contribution in [0.5, 0.6) is 0 Å². The highest BCUT2D eigenvalue weighted by Crippen LogP contribution is 2.12. The number of rotatable bonds is 5. The third-order valence-corrected chi connectivity index (χ3v) is 7.39. The zero-order chi connectivity index (χ0) is 14.8. The lowest BCUT2D eigenvalue weighted by Crippen LogP contribution is -2.54. The van der Waals surface area contributed by atoms with Gasteiger partial charge in [-0.05, 0) is 6.92 Å². The lowest BCUT2D eigenvalue weighted by atomic mass is 10.2. The van der Waals surface area contributed by atoms with Crippen LogP contribution in [0.3, 0.4) is 0 Å². The van der Waals surface area contributed by atoms with E-state index in [0.29, 0.717) is 18.1 Å². The van der Waals surface area contributed by atoms with E-state index in [9.17, 15) is 16.8 Å². The second-order valence-corrected chi connectivity index (χ2v) is 9.61. The molecule has 1 atom stereocenters. The maximum absolute atomic E-state index is 11.9. The molecule has 0 amide bonds. The fourth-order valence-electron chi connectivity index (χ4n) is 1.89. The maximum atomic E-state index is 11.9. The van der Waals surface area contributed by atoms with Gasteiger partial charge in [-0.25, -0.2) is 16.8 Å². The van der Waals surface area contributed by atoms with Crippen LogP contribution in [0.2, 0.25) is 0 Å². The molecule has 1 fully saturated rings. The lowest BCUT2D eigenvalue weighted by Gasteiger charge is -2.36. The molecule has 1 aliphatic rings. The Labute approximate surface area is 119 Å². The fourth-order valence-corrected chi connectivity index (χ4v) is 5.52. The van der Waals surface area contributed by atoms with Crippen molar-refractivity contribution >= 4 is 37.1 Å². The summed E-state index contributed by atoms with van der Waals surface area (Å²) in [6.07, 6.45) is 0.912. The lowest BCUT2D eigenvalue weighted by molar-refractivity contribution is 0.175. The number of sulfone groups is 1. The molecule has 1 rings (SSSR count). The van der Waals surface area contributed by atoms with Crippen molar-refractivity contribution in [3.05, 3.63) is 0 Å². The van der Waals surface area contributed by atoms with Gasteiger partial charge in [0, 0.05) is 32.4 Å². The highest BCUT2D eigenvalue weighted by Gasteiger charge is 2.31. The van der Waals surface area contributed by atoms with Gasteiger partial charge in [0.25, 0.3) is 0 Å².